The summed E-state index contributed by atoms with van der Waals surface area (Å²) in [6, 6.07) is 7.18. The molecule has 0 saturated carbocycles. The zero-order valence-electron chi connectivity index (χ0n) is 17.4. The molecule has 2 aromatic rings. The molecule has 0 bridgehead atoms. The van der Waals surface area contributed by atoms with Crippen LogP contribution in [0.15, 0.2) is 45.1 Å². The van der Waals surface area contributed by atoms with E-state index in [4.69, 9.17) is 9.47 Å². The number of rotatable bonds is 4. The summed E-state index contributed by atoms with van der Waals surface area (Å²) in [6.45, 7) is 5.26. The Morgan fingerprint density at radius 3 is 2.48 bits per heavy atom. The second-order valence-corrected chi connectivity index (χ2v) is 7.30. The zero-order chi connectivity index (χ0) is 21.5. The van der Waals surface area contributed by atoms with Crippen LogP contribution in [0.3, 0.4) is 0 Å². The summed E-state index contributed by atoms with van der Waals surface area (Å²) in [6.07, 6.45) is -0.321. The summed E-state index contributed by atoms with van der Waals surface area (Å²) >= 11 is 0. The first kappa shape index (κ1) is 20.4. The van der Waals surface area contributed by atoms with Crippen molar-refractivity contribution < 1.29 is 14.3 Å². The fourth-order valence-electron chi connectivity index (χ4n) is 3.59. The van der Waals surface area contributed by atoms with Gasteiger partial charge in [0.15, 0.2) is 0 Å². The lowest BCUT2D eigenvalue weighted by molar-refractivity contribution is -0.143. The van der Waals surface area contributed by atoms with E-state index in [1.54, 1.807) is 53.1 Å². The average molecular weight is 399 g/mol. The number of hydrogen-bond acceptors (Lipinski definition) is 6. The average Bonchev–Trinajstić information content (AvgIpc) is 2.69. The fourth-order valence-corrected chi connectivity index (χ4v) is 3.59. The quantitative estimate of drug-likeness (QED) is 0.790. The van der Waals surface area contributed by atoms with Crippen molar-refractivity contribution in [2.45, 2.75) is 32.8 Å². The topological polar surface area (TPSA) is 91.6 Å². The van der Waals surface area contributed by atoms with Crippen molar-refractivity contribution in [1.82, 2.24) is 9.13 Å². The molecule has 1 aliphatic heterocycles. The fraction of sp³-hybridized carbons (Fsp3) is 0.381. The number of hydrogen-bond donors (Lipinski definition) is 1. The second kappa shape index (κ2) is 7.62. The molecule has 8 nitrogen and oxygen atoms in total. The van der Waals surface area contributed by atoms with Crippen LogP contribution in [0.5, 0.6) is 5.75 Å². The van der Waals surface area contributed by atoms with Gasteiger partial charge in [-0.1, -0.05) is 12.1 Å². The van der Waals surface area contributed by atoms with Gasteiger partial charge in [-0.2, -0.15) is 0 Å². The van der Waals surface area contributed by atoms with E-state index >= 15 is 0 Å². The highest BCUT2D eigenvalue weighted by Gasteiger charge is 2.37. The molecule has 0 unspecified atom stereocenters. The van der Waals surface area contributed by atoms with Crippen LogP contribution < -0.4 is 21.3 Å². The molecule has 1 aromatic carbocycles. The normalized spacial score (nSPS) is 15.8. The van der Waals surface area contributed by atoms with Gasteiger partial charge in [-0.25, -0.2) is 9.59 Å². The molecule has 0 spiro atoms. The number of nitrogens with zero attached hydrogens (tertiary/aromatic N) is 2. The second-order valence-electron chi connectivity index (χ2n) is 7.30. The lowest BCUT2D eigenvalue weighted by Gasteiger charge is -2.31. The van der Waals surface area contributed by atoms with Crippen LogP contribution in [-0.2, 0) is 23.6 Å². The van der Waals surface area contributed by atoms with E-state index in [-0.39, 0.29) is 6.10 Å². The predicted octanol–water partition coefficient (Wildman–Crippen LogP) is 1.88. The van der Waals surface area contributed by atoms with E-state index in [1.165, 1.54) is 11.6 Å². The lowest BCUT2D eigenvalue weighted by Crippen LogP contribution is -2.43. The Morgan fingerprint density at radius 2 is 1.86 bits per heavy atom. The Labute approximate surface area is 168 Å². The highest BCUT2D eigenvalue weighted by Crippen LogP contribution is 2.40. The summed E-state index contributed by atoms with van der Waals surface area (Å²) in [5.41, 5.74) is 0.939. The van der Waals surface area contributed by atoms with Crippen LogP contribution in [0.2, 0.25) is 0 Å². The summed E-state index contributed by atoms with van der Waals surface area (Å²) in [4.78, 5) is 38.5. The molecular formula is C21H25N3O5. The molecule has 0 radical (unpaired) electrons. The number of ether oxygens (including phenoxy) is 2. The van der Waals surface area contributed by atoms with Gasteiger partial charge in [-0.3, -0.25) is 13.9 Å². The van der Waals surface area contributed by atoms with Gasteiger partial charge in [-0.05, 0) is 38.5 Å². The first-order valence-electron chi connectivity index (χ1n) is 9.30. The molecule has 8 heteroatoms. The minimum absolute atomic E-state index is 0.309. The first-order chi connectivity index (χ1) is 13.7. The molecule has 154 valence electrons. The number of esters is 1. The van der Waals surface area contributed by atoms with Gasteiger partial charge in [0.2, 0.25) is 0 Å². The molecule has 3 rings (SSSR count). The number of methoxy groups -OCH3 is 1. The zero-order valence-corrected chi connectivity index (χ0v) is 17.4. The van der Waals surface area contributed by atoms with Crippen LogP contribution in [0, 0.1) is 0 Å². The molecule has 1 N–H and O–H groups in total. The molecule has 2 heterocycles. The molecular weight excluding hydrogens is 374 g/mol. The Bertz CT molecular complexity index is 1120. The number of carbonyl (C=O) groups is 1. The van der Waals surface area contributed by atoms with E-state index in [2.05, 4.69) is 5.32 Å². The number of fused-ring (bicyclic) bond motifs is 1. The molecule has 0 aliphatic carbocycles. The minimum Gasteiger partial charge on any atom is -0.497 e. The summed E-state index contributed by atoms with van der Waals surface area (Å²) in [5, 5.41) is 3.07. The highest BCUT2D eigenvalue weighted by molar-refractivity contribution is 5.94. The highest BCUT2D eigenvalue weighted by atomic mass is 16.5. The maximum Gasteiger partial charge on any atom is 0.337 e. The SMILES string of the molecule is COc1cccc([C@H]2C(C(=O)OC(C)C)=C(C)Nc3c2c(=O)n(C)c(=O)n3C)c1. The maximum atomic E-state index is 13.1. The van der Waals surface area contributed by atoms with Crippen LogP contribution in [-0.4, -0.2) is 28.3 Å². The number of benzene rings is 1. The number of nitrogens with one attached hydrogen (secondary N) is 1. The van der Waals surface area contributed by atoms with E-state index in [0.717, 1.165) is 4.57 Å². The van der Waals surface area contributed by atoms with Crippen molar-refractivity contribution in [3.8, 4) is 5.75 Å². The third kappa shape index (κ3) is 3.46. The Hall–Kier alpha value is -3.29. The molecule has 1 aromatic heterocycles. The van der Waals surface area contributed by atoms with Crippen LogP contribution in [0.1, 0.15) is 37.8 Å². The van der Waals surface area contributed by atoms with Gasteiger partial charge in [0.25, 0.3) is 5.56 Å². The molecule has 1 aliphatic rings. The van der Waals surface area contributed by atoms with Crippen LogP contribution in [0.4, 0.5) is 5.82 Å². The van der Waals surface area contributed by atoms with Gasteiger partial charge >= 0.3 is 11.7 Å². The van der Waals surface area contributed by atoms with Crippen LogP contribution >= 0.6 is 0 Å². The van der Waals surface area contributed by atoms with Crippen molar-refractivity contribution in [1.29, 1.82) is 0 Å². The third-order valence-electron chi connectivity index (χ3n) is 4.98. The predicted molar refractivity (Wildman–Crippen MR) is 109 cm³/mol. The van der Waals surface area contributed by atoms with E-state index in [0.29, 0.717) is 34.0 Å². The summed E-state index contributed by atoms with van der Waals surface area (Å²) < 4.78 is 13.2. The monoisotopic (exact) mass is 399 g/mol. The molecule has 0 fully saturated rings. The molecule has 29 heavy (non-hydrogen) atoms. The number of aromatic nitrogens is 2. The van der Waals surface area contributed by atoms with Gasteiger partial charge in [0.05, 0.1) is 30.3 Å². The lowest BCUT2D eigenvalue weighted by atomic mass is 9.82. The van der Waals surface area contributed by atoms with E-state index < -0.39 is 23.1 Å². The number of carbonyl (C=O) groups excluding carboxylic acids is 1. The van der Waals surface area contributed by atoms with Crippen molar-refractivity contribution in [2.24, 2.45) is 14.1 Å². The van der Waals surface area contributed by atoms with E-state index in [9.17, 15) is 14.4 Å². The molecule has 0 amide bonds. The minimum atomic E-state index is -0.710. The van der Waals surface area contributed by atoms with E-state index in [1.807, 2.05) is 6.07 Å². The van der Waals surface area contributed by atoms with Gasteiger partial charge < -0.3 is 14.8 Å². The van der Waals surface area contributed by atoms with Gasteiger partial charge in [0.1, 0.15) is 11.6 Å². The smallest absolute Gasteiger partial charge is 0.337 e. The maximum absolute atomic E-state index is 13.1. The van der Waals surface area contributed by atoms with Gasteiger partial charge in [-0.15, -0.1) is 0 Å². The standard InChI is InChI=1S/C21H25N3O5/c1-11(2)29-20(26)15-12(3)22-18-17(19(25)24(5)21(27)23(18)4)16(15)13-8-7-9-14(10-13)28-6/h7-11,16,22H,1-6H3/t16-/m0/s1. The number of allylic oxidation sites excluding steroid dienone is 1. The summed E-state index contributed by atoms with van der Waals surface area (Å²) in [5.74, 6) is -0.263. The first-order valence-corrected chi connectivity index (χ1v) is 9.30. The van der Waals surface area contributed by atoms with Crippen molar-refractivity contribution in [3.05, 3.63) is 67.5 Å². The Kier molecular flexibility index (Phi) is 5.37. The Morgan fingerprint density at radius 1 is 1.17 bits per heavy atom. The molecule has 0 saturated heterocycles. The number of anilines is 1. The molecule has 1 atom stereocenters. The van der Waals surface area contributed by atoms with Gasteiger partial charge in [0, 0.05) is 19.8 Å². The Balaban J connectivity index is 2.36. The van der Waals surface area contributed by atoms with Crippen LogP contribution in [0.25, 0.3) is 0 Å². The van der Waals surface area contributed by atoms with Crippen molar-refractivity contribution in [2.75, 3.05) is 12.4 Å². The third-order valence-corrected chi connectivity index (χ3v) is 4.98. The van der Waals surface area contributed by atoms with Crippen molar-refractivity contribution in [3.63, 3.8) is 0 Å². The summed E-state index contributed by atoms with van der Waals surface area (Å²) in [7, 11) is 4.55. The van der Waals surface area contributed by atoms with Crippen molar-refractivity contribution >= 4 is 11.8 Å². The largest absolute Gasteiger partial charge is 0.497 e.